The summed E-state index contributed by atoms with van der Waals surface area (Å²) in [6, 6.07) is 1.24. The molecule has 0 aliphatic carbocycles. The van der Waals surface area contributed by atoms with Gasteiger partial charge in [0.1, 0.15) is 17.7 Å². The minimum atomic E-state index is -0.723. The molecule has 1 aromatic heterocycles. The fraction of sp³-hybridized carbons (Fsp3) is 0.500. The zero-order valence-corrected chi connectivity index (χ0v) is 9.20. The average Bonchev–Trinajstić information content (AvgIpc) is 2.22. The number of halogens is 1. The Hall–Kier alpha value is -1.72. The van der Waals surface area contributed by atoms with Crippen LogP contribution in [-0.4, -0.2) is 34.5 Å². The number of hydrogen-bond acceptors (Lipinski definition) is 4. The fourth-order valence-corrected chi connectivity index (χ4v) is 1.77. The van der Waals surface area contributed by atoms with E-state index in [1.54, 1.807) is 18.7 Å². The first-order chi connectivity index (χ1) is 7.51. The third-order valence-electron chi connectivity index (χ3n) is 2.75. The topological polar surface area (TPSA) is 58.1 Å². The lowest BCUT2D eigenvalue weighted by Gasteiger charge is -2.41. The van der Waals surface area contributed by atoms with Gasteiger partial charge in [0.15, 0.2) is 0 Å². The molecule has 2 heterocycles. The number of aromatic nitrogens is 2. The second kappa shape index (κ2) is 3.70. The van der Waals surface area contributed by atoms with Gasteiger partial charge in [0.2, 0.25) is 11.9 Å². The number of piperazine rings is 1. The molecule has 5 nitrogen and oxygen atoms in total. The molecule has 0 spiro atoms. The van der Waals surface area contributed by atoms with Crippen molar-refractivity contribution in [2.45, 2.75) is 19.4 Å². The first-order valence-electron chi connectivity index (χ1n) is 5.05. The third-order valence-corrected chi connectivity index (χ3v) is 2.75. The van der Waals surface area contributed by atoms with E-state index in [0.717, 1.165) is 6.33 Å². The smallest absolute Gasteiger partial charge is 0.245 e. The van der Waals surface area contributed by atoms with Crippen LogP contribution in [0.15, 0.2) is 12.4 Å². The monoisotopic (exact) mass is 224 g/mol. The molecule has 1 amide bonds. The summed E-state index contributed by atoms with van der Waals surface area (Å²) in [6.07, 6.45) is 1.16. The molecule has 6 heteroatoms. The lowest BCUT2D eigenvalue weighted by molar-refractivity contribution is -0.126. The Labute approximate surface area is 92.7 Å². The highest BCUT2D eigenvalue weighted by Crippen LogP contribution is 2.23. The molecule has 0 unspecified atom stereocenters. The van der Waals surface area contributed by atoms with Crippen molar-refractivity contribution in [3.63, 3.8) is 0 Å². The van der Waals surface area contributed by atoms with E-state index in [4.69, 9.17) is 0 Å². The van der Waals surface area contributed by atoms with Crippen LogP contribution < -0.4 is 10.2 Å². The summed E-state index contributed by atoms with van der Waals surface area (Å²) in [5.74, 6) is -0.239. The Kier molecular flexibility index (Phi) is 2.49. The molecule has 1 saturated heterocycles. The van der Waals surface area contributed by atoms with Gasteiger partial charge < -0.3 is 10.2 Å². The van der Waals surface area contributed by atoms with Crippen LogP contribution in [0.25, 0.3) is 0 Å². The van der Waals surface area contributed by atoms with E-state index in [0.29, 0.717) is 18.9 Å². The molecule has 0 bridgehead atoms. The molecule has 0 radical (unpaired) electrons. The van der Waals surface area contributed by atoms with Crippen LogP contribution in [0.3, 0.4) is 0 Å². The van der Waals surface area contributed by atoms with Gasteiger partial charge in [-0.25, -0.2) is 9.97 Å². The molecule has 1 aliphatic heterocycles. The molecule has 0 aromatic carbocycles. The summed E-state index contributed by atoms with van der Waals surface area (Å²) >= 11 is 0. The van der Waals surface area contributed by atoms with E-state index in [9.17, 15) is 9.18 Å². The van der Waals surface area contributed by atoms with Gasteiger partial charge in [-0.3, -0.25) is 4.79 Å². The SMILES string of the molecule is CC1(C)C(=O)NCCN1c1cc(F)ncn1. The van der Waals surface area contributed by atoms with Gasteiger partial charge in [-0.05, 0) is 13.8 Å². The number of anilines is 1. The predicted molar refractivity (Wildman–Crippen MR) is 56.4 cm³/mol. The van der Waals surface area contributed by atoms with Crippen molar-refractivity contribution in [1.29, 1.82) is 0 Å². The van der Waals surface area contributed by atoms with Crippen LogP contribution in [0.1, 0.15) is 13.8 Å². The van der Waals surface area contributed by atoms with Crippen LogP contribution in [0.5, 0.6) is 0 Å². The Balaban J connectivity index is 2.36. The van der Waals surface area contributed by atoms with Crippen LogP contribution in [0.4, 0.5) is 10.2 Å². The molecular formula is C10H13FN4O. The number of carbonyl (C=O) groups excluding carboxylic acids is 1. The quantitative estimate of drug-likeness (QED) is 0.698. The van der Waals surface area contributed by atoms with Crippen molar-refractivity contribution in [2.24, 2.45) is 0 Å². The van der Waals surface area contributed by atoms with Gasteiger partial charge in [-0.1, -0.05) is 0 Å². The van der Waals surface area contributed by atoms with Crippen LogP contribution in [0, 0.1) is 5.95 Å². The van der Waals surface area contributed by atoms with Crippen molar-refractivity contribution in [2.75, 3.05) is 18.0 Å². The third kappa shape index (κ3) is 1.70. The van der Waals surface area contributed by atoms with Gasteiger partial charge in [-0.2, -0.15) is 4.39 Å². The highest BCUT2D eigenvalue weighted by atomic mass is 19.1. The molecule has 16 heavy (non-hydrogen) atoms. The van der Waals surface area contributed by atoms with E-state index in [2.05, 4.69) is 15.3 Å². The number of rotatable bonds is 1. The maximum absolute atomic E-state index is 13.0. The minimum Gasteiger partial charge on any atom is -0.352 e. The van der Waals surface area contributed by atoms with E-state index >= 15 is 0 Å². The van der Waals surface area contributed by atoms with Crippen molar-refractivity contribution >= 4 is 11.7 Å². The summed E-state index contributed by atoms with van der Waals surface area (Å²) in [6.45, 7) is 4.70. The van der Waals surface area contributed by atoms with Gasteiger partial charge in [-0.15, -0.1) is 0 Å². The zero-order valence-electron chi connectivity index (χ0n) is 9.20. The van der Waals surface area contributed by atoms with E-state index in [1.165, 1.54) is 6.07 Å². The number of nitrogens with one attached hydrogen (secondary N) is 1. The van der Waals surface area contributed by atoms with Gasteiger partial charge in [0, 0.05) is 19.2 Å². The fourth-order valence-electron chi connectivity index (χ4n) is 1.77. The highest BCUT2D eigenvalue weighted by molar-refractivity contribution is 5.90. The summed E-state index contributed by atoms with van der Waals surface area (Å²) < 4.78 is 13.0. The first kappa shape index (κ1) is 10.8. The standard InChI is InChI=1S/C10H13FN4O/c1-10(2)9(16)12-3-4-15(10)8-5-7(11)13-6-14-8/h5-6H,3-4H2,1-2H3,(H,12,16). The first-order valence-corrected chi connectivity index (χ1v) is 5.05. The normalized spacial score (nSPS) is 19.4. The van der Waals surface area contributed by atoms with E-state index < -0.39 is 11.5 Å². The second-order valence-corrected chi connectivity index (χ2v) is 4.17. The van der Waals surface area contributed by atoms with Crippen LogP contribution in [-0.2, 0) is 4.79 Å². The van der Waals surface area contributed by atoms with Crippen molar-refractivity contribution in [3.8, 4) is 0 Å². The van der Waals surface area contributed by atoms with Crippen molar-refractivity contribution in [3.05, 3.63) is 18.3 Å². The minimum absolute atomic E-state index is 0.0854. The molecule has 1 aliphatic rings. The molecule has 1 fully saturated rings. The molecule has 2 rings (SSSR count). The van der Waals surface area contributed by atoms with Crippen molar-refractivity contribution < 1.29 is 9.18 Å². The predicted octanol–water partition coefficient (Wildman–Crippen LogP) is 0.330. The number of nitrogens with zero attached hydrogens (tertiary/aromatic N) is 3. The van der Waals surface area contributed by atoms with Crippen LogP contribution >= 0.6 is 0 Å². The van der Waals surface area contributed by atoms with Crippen molar-refractivity contribution in [1.82, 2.24) is 15.3 Å². The van der Waals surface area contributed by atoms with Gasteiger partial charge >= 0.3 is 0 Å². The highest BCUT2D eigenvalue weighted by Gasteiger charge is 2.38. The van der Waals surface area contributed by atoms with Crippen LogP contribution in [0.2, 0.25) is 0 Å². The summed E-state index contributed by atoms with van der Waals surface area (Å²) in [5, 5.41) is 2.77. The van der Waals surface area contributed by atoms with E-state index in [1.807, 2.05) is 0 Å². The molecule has 1 N–H and O–H groups in total. The lowest BCUT2D eigenvalue weighted by Crippen LogP contribution is -2.62. The molecule has 0 saturated carbocycles. The maximum Gasteiger partial charge on any atom is 0.245 e. The Morgan fingerprint density at radius 2 is 2.25 bits per heavy atom. The summed E-state index contributed by atoms with van der Waals surface area (Å²) in [4.78, 5) is 20.9. The number of amides is 1. The summed E-state index contributed by atoms with van der Waals surface area (Å²) in [7, 11) is 0. The number of hydrogen-bond donors (Lipinski definition) is 1. The Bertz CT molecular complexity index is 421. The van der Waals surface area contributed by atoms with E-state index in [-0.39, 0.29) is 5.91 Å². The molecule has 0 atom stereocenters. The number of carbonyl (C=O) groups is 1. The largest absolute Gasteiger partial charge is 0.352 e. The Morgan fingerprint density at radius 3 is 2.94 bits per heavy atom. The summed E-state index contributed by atoms with van der Waals surface area (Å²) in [5.41, 5.74) is -0.723. The molecule has 86 valence electrons. The second-order valence-electron chi connectivity index (χ2n) is 4.17. The molecule has 1 aromatic rings. The maximum atomic E-state index is 13.0. The average molecular weight is 224 g/mol. The Morgan fingerprint density at radius 1 is 1.50 bits per heavy atom. The zero-order chi connectivity index (χ0) is 11.8. The van der Waals surface area contributed by atoms with Gasteiger partial charge in [0.05, 0.1) is 0 Å². The lowest BCUT2D eigenvalue weighted by atomic mass is 9.99. The molecular weight excluding hydrogens is 211 g/mol. The van der Waals surface area contributed by atoms with Gasteiger partial charge in [0.25, 0.3) is 0 Å².